The lowest BCUT2D eigenvalue weighted by Gasteiger charge is -2.37. The van der Waals surface area contributed by atoms with Gasteiger partial charge in [-0.3, -0.25) is 9.36 Å². The van der Waals surface area contributed by atoms with Crippen LogP contribution < -0.4 is 15.9 Å². The molecule has 3 heterocycles. The van der Waals surface area contributed by atoms with Crippen LogP contribution in [0.25, 0.3) is 5.69 Å². The van der Waals surface area contributed by atoms with Crippen molar-refractivity contribution in [2.45, 2.75) is 32.4 Å². The number of hydrogen-bond donors (Lipinski definition) is 1. The van der Waals surface area contributed by atoms with E-state index in [0.29, 0.717) is 25.5 Å². The largest absolute Gasteiger partial charge is 0.372 e. The second kappa shape index (κ2) is 10.5. The van der Waals surface area contributed by atoms with Crippen molar-refractivity contribution < 1.29 is 9.53 Å². The molecule has 1 N–H and O–H groups in total. The van der Waals surface area contributed by atoms with Gasteiger partial charge >= 0.3 is 5.69 Å². The third kappa shape index (κ3) is 5.14. The van der Waals surface area contributed by atoms with E-state index in [0.717, 1.165) is 30.9 Å². The third-order valence-electron chi connectivity index (χ3n) is 7.12. The molecule has 36 heavy (non-hydrogen) atoms. The van der Waals surface area contributed by atoms with Crippen LogP contribution in [-0.2, 0) is 9.53 Å². The molecule has 2 fully saturated rings. The van der Waals surface area contributed by atoms with Gasteiger partial charge in [0.1, 0.15) is 5.82 Å². The monoisotopic (exact) mass is 487 g/mol. The number of amides is 1. The number of rotatable bonds is 6. The summed E-state index contributed by atoms with van der Waals surface area (Å²) in [6.45, 7) is 7.17. The van der Waals surface area contributed by atoms with Gasteiger partial charge in [0.2, 0.25) is 5.91 Å². The van der Waals surface area contributed by atoms with Crippen LogP contribution in [0, 0.1) is 12.8 Å². The number of aromatic nitrogens is 2. The van der Waals surface area contributed by atoms with Crippen molar-refractivity contribution in [3.05, 3.63) is 82.9 Å². The number of morpholine rings is 1. The summed E-state index contributed by atoms with van der Waals surface area (Å²) in [7, 11) is 0. The number of nitrogens with one attached hydrogen (secondary N) is 1. The maximum atomic E-state index is 13.3. The number of anilines is 2. The van der Waals surface area contributed by atoms with Gasteiger partial charge in [-0.05, 0) is 44.5 Å². The van der Waals surface area contributed by atoms with Gasteiger partial charge in [-0.25, -0.2) is 4.79 Å². The van der Waals surface area contributed by atoms with Gasteiger partial charge in [0.25, 0.3) is 0 Å². The molecule has 0 bridgehead atoms. The van der Waals surface area contributed by atoms with Gasteiger partial charge < -0.3 is 19.9 Å². The van der Waals surface area contributed by atoms with Crippen LogP contribution in [0.1, 0.15) is 19.0 Å². The highest BCUT2D eigenvalue weighted by Crippen LogP contribution is 2.26. The highest BCUT2D eigenvalue weighted by atomic mass is 16.5. The first-order valence-electron chi connectivity index (χ1n) is 12.6. The van der Waals surface area contributed by atoms with Gasteiger partial charge in [0.05, 0.1) is 30.4 Å². The van der Waals surface area contributed by atoms with Crippen LogP contribution in [0.5, 0.6) is 0 Å². The summed E-state index contributed by atoms with van der Waals surface area (Å²) in [6.07, 6.45) is 0.678. The summed E-state index contributed by atoms with van der Waals surface area (Å²) in [4.78, 5) is 34.6. The van der Waals surface area contributed by atoms with Gasteiger partial charge in [-0.1, -0.05) is 36.4 Å². The molecule has 188 valence electrons. The molecule has 3 unspecified atom stereocenters. The van der Waals surface area contributed by atoms with E-state index in [1.165, 1.54) is 5.69 Å². The van der Waals surface area contributed by atoms with Crippen molar-refractivity contribution in [1.82, 2.24) is 14.5 Å². The molecule has 2 saturated heterocycles. The molecule has 8 nitrogen and oxygen atoms in total. The zero-order chi connectivity index (χ0) is 25.1. The Morgan fingerprint density at radius 1 is 1.03 bits per heavy atom. The zero-order valence-electron chi connectivity index (χ0n) is 20.8. The van der Waals surface area contributed by atoms with Crippen molar-refractivity contribution in [3.8, 4) is 5.69 Å². The average Bonchev–Trinajstić information content (AvgIpc) is 3.39. The molecule has 0 radical (unpaired) electrons. The summed E-state index contributed by atoms with van der Waals surface area (Å²) in [5.74, 6) is 0.717. The molecule has 1 aromatic heterocycles. The summed E-state index contributed by atoms with van der Waals surface area (Å²) in [5.41, 5.74) is 2.42. The molecule has 2 aromatic carbocycles. The Morgan fingerprint density at radius 2 is 1.72 bits per heavy atom. The molecule has 5 rings (SSSR count). The van der Waals surface area contributed by atoms with Crippen LogP contribution >= 0.6 is 0 Å². The normalized spacial score (nSPS) is 20.8. The van der Waals surface area contributed by atoms with Crippen LogP contribution in [-0.4, -0.2) is 65.3 Å². The maximum absolute atomic E-state index is 13.3. The second-order valence-corrected chi connectivity index (χ2v) is 9.63. The van der Waals surface area contributed by atoms with E-state index in [4.69, 9.17) is 4.74 Å². The Balaban J connectivity index is 1.21. The molecular weight excluding hydrogens is 454 g/mol. The molecule has 8 heteroatoms. The van der Waals surface area contributed by atoms with E-state index in [1.807, 2.05) is 73.3 Å². The Morgan fingerprint density at radius 3 is 2.42 bits per heavy atom. The molecule has 0 saturated carbocycles. The van der Waals surface area contributed by atoms with Crippen molar-refractivity contribution in [2.75, 3.05) is 43.0 Å². The molecule has 3 atom stereocenters. The van der Waals surface area contributed by atoms with E-state index in [1.54, 1.807) is 4.57 Å². The Labute approximate surface area is 211 Å². The first-order valence-corrected chi connectivity index (χ1v) is 12.6. The van der Waals surface area contributed by atoms with Gasteiger partial charge in [-0.2, -0.15) is 4.98 Å². The van der Waals surface area contributed by atoms with E-state index in [2.05, 4.69) is 27.3 Å². The topological polar surface area (TPSA) is 79.7 Å². The predicted molar refractivity (Wildman–Crippen MR) is 141 cm³/mol. The lowest BCUT2D eigenvalue weighted by atomic mass is 10.1. The minimum Gasteiger partial charge on any atom is -0.372 e. The predicted octanol–water partition coefficient (Wildman–Crippen LogP) is 3.10. The fourth-order valence-electron chi connectivity index (χ4n) is 5.16. The van der Waals surface area contributed by atoms with Crippen molar-refractivity contribution in [3.63, 3.8) is 0 Å². The van der Waals surface area contributed by atoms with Crippen LogP contribution in [0.15, 0.2) is 71.5 Å². The van der Waals surface area contributed by atoms with E-state index in [-0.39, 0.29) is 29.7 Å². The number of carbonyl (C=O) groups is 1. The highest BCUT2D eigenvalue weighted by molar-refractivity contribution is 5.80. The molecule has 0 spiro atoms. The quantitative estimate of drug-likeness (QED) is 0.576. The van der Waals surface area contributed by atoms with Crippen molar-refractivity contribution in [1.29, 1.82) is 0 Å². The number of ether oxygens (including phenoxy) is 1. The minimum absolute atomic E-state index is 0.00196. The first kappa shape index (κ1) is 24.1. The van der Waals surface area contributed by atoms with Gasteiger partial charge in [0.15, 0.2) is 0 Å². The SMILES string of the molecule is Cc1cc(NC(C)C2CN(C(=O)C3CCN(c4ccccc4)C3)CCO2)nc(=O)n1-c1ccccc1. The van der Waals surface area contributed by atoms with E-state index in [9.17, 15) is 9.59 Å². The van der Waals surface area contributed by atoms with E-state index < -0.39 is 0 Å². The Bertz CT molecular complexity index is 1250. The van der Waals surface area contributed by atoms with Crippen LogP contribution in [0.4, 0.5) is 11.5 Å². The summed E-state index contributed by atoms with van der Waals surface area (Å²) < 4.78 is 7.61. The number of benzene rings is 2. The number of para-hydroxylation sites is 2. The Hall–Kier alpha value is -3.65. The molecule has 2 aliphatic rings. The number of aryl methyl sites for hydroxylation is 1. The number of nitrogens with zero attached hydrogens (tertiary/aromatic N) is 4. The third-order valence-corrected chi connectivity index (χ3v) is 7.12. The highest BCUT2D eigenvalue weighted by Gasteiger charge is 2.35. The van der Waals surface area contributed by atoms with Crippen molar-refractivity contribution in [2.24, 2.45) is 5.92 Å². The summed E-state index contributed by atoms with van der Waals surface area (Å²) in [5, 5.41) is 3.33. The first-order chi connectivity index (χ1) is 17.5. The van der Waals surface area contributed by atoms with E-state index >= 15 is 0 Å². The fraction of sp³-hybridized carbons (Fsp3) is 0.393. The minimum atomic E-state index is -0.332. The van der Waals surface area contributed by atoms with Crippen LogP contribution in [0.2, 0.25) is 0 Å². The number of carbonyl (C=O) groups excluding carboxylic acids is 1. The van der Waals surface area contributed by atoms with Crippen LogP contribution in [0.3, 0.4) is 0 Å². The standard InChI is InChI=1S/C28H33N5O3/c1-20-17-26(30-28(35)33(20)24-11-7-4-8-12-24)29-21(2)25-19-32(15-16-36-25)27(34)22-13-14-31(18-22)23-9-5-3-6-10-23/h3-12,17,21-22,25H,13-16,18-19H2,1-2H3,(H,29,30,35). The molecule has 0 aliphatic carbocycles. The van der Waals surface area contributed by atoms with Gasteiger partial charge in [0, 0.05) is 43.6 Å². The average molecular weight is 488 g/mol. The molecular formula is C28H33N5O3. The molecule has 1 amide bonds. The lowest BCUT2D eigenvalue weighted by Crippen LogP contribution is -2.52. The lowest BCUT2D eigenvalue weighted by molar-refractivity contribution is -0.142. The molecule has 3 aromatic rings. The van der Waals surface area contributed by atoms with Crippen molar-refractivity contribution >= 4 is 17.4 Å². The maximum Gasteiger partial charge on any atom is 0.354 e. The summed E-state index contributed by atoms with van der Waals surface area (Å²) in [6, 6.07) is 21.5. The van der Waals surface area contributed by atoms with Gasteiger partial charge in [-0.15, -0.1) is 0 Å². The molecule has 2 aliphatic heterocycles. The zero-order valence-corrected chi connectivity index (χ0v) is 20.8. The smallest absolute Gasteiger partial charge is 0.354 e. The second-order valence-electron chi connectivity index (χ2n) is 9.63. The Kier molecular flexibility index (Phi) is 7.04. The fourth-order valence-corrected chi connectivity index (χ4v) is 5.16. The number of hydrogen-bond acceptors (Lipinski definition) is 6. The summed E-state index contributed by atoms with van der Waals surface area (Å²) >= 11 is 0.